The molecule has 0 amide bonds. The first-order chi connectivity index (χ1) is 7.99. The molecule has 0 aliphatic heterocycles. The lowest BCUT2D eigenvalue weighted by Gasteiger charge is -2.12. The number of thiocarbonyl (C=S) groups is 1. The fourth-order valence-corrected chi connectivity index (χ4v) is 1.40. The fourth-order valence-electron chi connectivity index (χ4n) is 1.18. The molecule has 94 valence electrons. The Labute approximate surface area is 105 Å². The number of nitrogens with one attached hydrogen (secondary N) is 3. The van der Waals surface area contributed by atoms with Crippen LogP contribution in [0.5, 0.6) is 0 Å². The molecule has 17 heavy (non-hydrogen) atoms. The van der Waals surface area contributed by atoms with Gasteiger partial charge in [0.15, 0.2) is 16.7 Å². The minimum atomic E-state index is -0.893. The average molecular weight is 260 g/mol. The molecular weight excluding hydrogens is 244 g/mol. The molecule has 1 aromatic rings. The van der Waals surface area contributed by atoms with E-state index in [-0.39, 0.29) is 0 Å². The Balaban J connectivity index is 2.42. The number of hydrogen-bond acceptors (Lipinski definition) is 1. The van der Waals surface area contributed by atoms with Crippen LogP contribution >= 0.6 is 12.2 Å². The number of hydrogen-bond donors (Lipinski definition) is 3. The summed E-state index contributed by atoms with van der Waals surface area (Å²) in [5.41, 5.74) is 0.429. The van der Waals surface area contributed by atoms with Gasteiger partial charge in [-0.1, -0.05) is 0 Å². The summed E-state index contributed by atoms with van der Waals surface area (Å²) < 4.78 is 25.6. The minimum absolute atomic E-state index is 0.400. The lowest BCUT2D eigenvalue weighted by molar-refractivity contribution is -0.856. The van der Waals surface area contributed by atoms with Crippen LogP contribution in [-0.4, -0.2) is 32.3 Å². The number of rotatable bonds is 4. The van der Waals surface area contributed by atoms with E-state index in [0.29, 0.717) is 10.8 Å². The second-order valence-corrected chi connectivity index (χ2v) is 4.38. The molecule has 1 aromatic carbocycles. The summed E-state index contributed by atoms with van der Waals surface area (Å²) in [6.45, 7) is 1.64. The molecule has 0 bridgehead atoms. The van der Waals surface area contributed by atoms with E-state index in [9.17, 15) is 8.78 Å². The lowest BCUT2D eigenvalue weighted by atomic mass is 10.3. The van der Waals surface area contributed by atoms with Gasteiger partial charge in [-0.25, -0.2) is 8.78 Å². The highest BCUT2D eigenvalue weighted by atomic mass is 32.1. The fraction of sp³-hybridized carbons (Fsp3) is 0.364. The van der Waals surface area contributed by atoms with Gasteiger partial charge in [-0.3, -0.25) is 0 Å². The molecule has 0 radical (unpaired) electrons. The second-order valence-electron chi connectivity index (χ2n) is 3.97. The molecule has 6 heteroatoms. The van der Waals surface area contributed by atoms with Gasteiger partial charge in [0.25, 0.3) is 0 Å². The summed E-state index contributed by atoms with van der Waals surface area (Å²) in [5, 5.41) is 6.17. The molecule has 0 aliphatic rings. The Morgan fingerprint density at radius 3 is 2.59 bits per heavy atom. The predicted molar refractivity (Wildman–Crippen MR) is 68.3 cm³/mol. The third-order valence-electron chi connectivity index (χ3n) is 2.09. The highest BCUT2D eigenvalue weighted by Crippen LogP contribution is 2.12. The summed E-state index contributed by atoms with van der Waals surface area (Å²) in [6.07, 6.45) is 0. The normalized spacial score (nSPS) is 10.4. The Kier molecular flexibility index (Phi) is 5.24. The quantitative estimate of drug-likeness (QED) is 0.684. The first kappa shape index (κ1) is 13.8. The summed E-state index contributed by atoms with van der Waals surface area (Å²) in [4.78, 5) is 1.30. The van der Waals surface area contributed by atoms with Crippen LogP contribution in [-0.2, 0) is 0 Å². The summed E-state index contributed by atoms with van der Waals surface area (Å²) >= 11 is 5.02. The van der Waals surface area contributed by atoms with Crippen LogP contribution in [0.4, 0.5) is 14.5 Å². The third-order valence-corrected chi connectivity index (χ3v) is 2.33. The SMILES string of the molecule is C[NH+](C)CCNC(=S)Nc1ccc(F)c(F)c1. The van der Waals surface area contributed by atoms with Gasteiger partial charge in [0.1, 0.15) is 0 Å². The summed E-state index contributed by atoms with van der Waals surface area (Å²) in [7, 11) is 4.07. The molecule has 3 N–H and O–H groups in total. The largest absolute Gasteiger partial charge is 0.357 e. The lowest BCUT2D eigenvalue weighted by Crippen LogP contribution is -3.06. The van der Waals surface area contributed by atoms with Crippen molar-refractivity contribution in [3.05, 3.63) is 29.8 Å². The van der Waals surface area contributed by atoms with Gasteiger partial charge in [-0.15, -0.1) is 0 Å². The molecule has 0 saturated heterocycles. The Morgan fingerprint density at radius 1 is 1.29 bits per heavy atom. The third kappa shape index (κ3) is 5.06. The Bertz CT molecular complexity index is 396. The van der Waals surface area contributed by atoms with Crippen molar-refractivity contribution in [2.24, 2.45) is 0 Å². The van der Waals surface area contributed by atoms with E-state index in [1.165, 1.54) is 11.0 Å². The van der Waals surface area contributed by atoms with Gasteiger partial charge >= 0.3 is 0 Å². The van der Waals surface area contributed by atoms with Crippen molar-refractivity contribution < 1.29 is 13.7 Å². The Morgan fingerprint density at radius 2 is 2.00 bits per heavy atom. The van der Waals surface area contributed by atoms with Crippen molar-refractivity contribution in [2.45, 2.75) is 0 Å². The zero-order valence-corrected chi connectivity index (χ0v) is 10.6. The van der Waals surface area contributed by atoms with Gasteiger partial charge < -0.3 is 15.5 Å². The molecular formula is C11H16F2N3S+. The first-order valence-electron chi connectivity index (χ1n) is 5.28. The van der Waals surface area contributed by atoms with E-state index in [4.69, 9.17) is 12.2 Å². The zero-order valence-electron chi connectivity index (χ0n) is 9.81. The van der Waals surface area contributed by atoms with Gasteiger partial charge in [0.2, 0.25) is 0 Å². The number of benzene rings is 1. The molecule has 0 spiro atoms. The topological polar surface area (TPSA) is 28.5 Å². The molecule has 0 atom stereocenters. The van der Waals surface area contributed by atoms with Crippen molar-refractivity contribution in [1.29, 1.82) is 0 Å². The van der Waals surface area contributed by atoms with E-state index in [2.05, 4.69) is 10.6 Å². The molecule has 0 aliphatic carbocycles. The van der Waals surface area contributed by atoms with E-state index < -0.39 is 11.6 Å². The number of likely N-dealkylation sites (N-methyl/N-ethyl adjacent to an activating group) is 1. The molecule has 0 unspecified atom stereocenters. The highest BCUT2D eigenvalue weighted by molar-refractivity contribution is 7.80. The maximum atomic E-state index is 12.9. The van der Waals surface area contributed by atoms with E-state index >= 15 is 0 Å². The van der Waals surface area contributed by atoms with Crippen LogP contribution in [0.25, 0.3) is 0 Å². The van der Waals surface area contributed by atoms with E-state index in [0.717, 1.165) is 25.2 Å². The van der Waals surface area contributed by atoms with E-state index in [1.54, 1.807) is 0 Å². The molecule has 0 aromatic heterocycles. The van der Waals surface area contributed by atoms with E-state index in [1.807, 2.05) is 14.1 Å². The highest BCUT2D eigenvalue weighted by Gasteiger charge is 2.03. The van der Waals surface area contributed by atoms with Crippen molar-refractivity contribution in [2.75, 3.05) is 32.5 Å². The maximum Gasteiger partial charge on any atom is 0.170 e. The zero-order chi connectivity index (χ0) is 12.8. The molecule has 1 rings (SSSR count). The molecule has 0 fully saturated rings. The summed E-state index contributed by atoms with van der Waals surface area (Å²) in [5.74, 6) is -1.76. The molecule has 3 nitrogen and oxygen atoms in total. The minimum Gasteiger partial charge on any atom is -0.357 e. The number of anilines is 1. The van der Waals surface area contributed by atoms with Crippen molar-refractivity contribution in [3.63, 3.8) is 0 Å². The van der Waals surface area contributed by atoms with Crippen molar-refractivity contribution in [1.82, 2.24) is 5.32 Å². The van der Waals surface area contributed by atoms with Crippen LogP contribution in [0, 0.1) is 11.6 Å². The standard InChI is InChI=1S/C11H15F2N3S/c1-16(2)6-5-14-11(17)15-8-3-4-9(12)10(13)7-8/h3-4,7H,5-6H2,1-2H3,(H2,14,15,17)/p+1. The van der Waals surface area contributed by atoms with Crippen LogP contribution in [0.2, 0.25) is 0 Å². The smallest absolute Gasteiger partial charge is 0.170 e. The van der Waals surface area contributed by atoms with Gasteiger partial charge in [0.05, 0.1) is 27.2 Å². The number of halogens is 2. The maximum absolute atomic E-state index is 12.9. The average Bonchev–Trinajstić information content (AvgIpc) is 2.23. The second kappa shape index (κ2) is 6.46. The summed E-state index contributed by atoms with van der Waals surface area (Å²) in [6, 6.07) is 3.56. The van der Waals surface area contributed by atoms with Crippen molar-refractivity contribution in [3.8, 4) is 0 Å². The molecule has 0 saturated carbocycles. The first-order valence-corrected chi connectivity index (χ1v) is 5.69. The Hall–Kier alpha value is -1.27. The number of quaternary nitrogens is 1. The van der Waals surface area contributed by atoms with Crippen LogP contribution in [0.15, 0.2) is 18.2 Å². The van der Waals surface area contributed by atoms with Gasteiger partial charge in [-0.2, -0.15) is 0 Å². The monoisotopic (exact) mass is 260 g/mol. The van der Waals surface area contributed by atoms with Crippen LogP contribution in [0.3, 0.4) is 0 Å². The van der Waals surface area contributed by atoms with Crippen LogP contribution in [0.1, 0.15) is 0 Å². The predicted octanol–water partition coefficient (Wildman–Crippen LogP) is 0.396. The van der Waals surface area contributed by atoms with Crippen molar-refractivity contribution >= 4 is 23.0 Å². The van der Waals surface area contributed by atoms with Gasteiger partial charge in [-0.05, 0) is 24.4 Å². The molecule has 0 heterocycles. The van der Waals surface area contributed by atoms with Crippen LogP contribution < -0.4 is 15.5 Å². The van der Waals surface area contributed by atoms with Gasteiger partial charge in [0, 0.05) is 11.8 Å².